The Balaban J connectivity index is 3.06. The van der Waals surface area contributed by atoms with Gasteiger partial charge in [-0.1, -0.05) is 17.7 Å². The first kappa shape index (κ1) is 10.2. The third kappa shape index (κ3) is 2.08. The van der Waals surface area contributed by atoms with E-state index in [1.165, 1.54) is 18.6 Å². The smallest absolute Gasteiger partial charge is 0.359 e. The largest absolute Gasteiger partial charge is 0.464 e. The van der Waals surface area contributed by atoms with E-state index >= 15 is 0 Å². The standard InChI is InChI=1S/C8H8ClNO2S/c1-3-4-5-6(9)7(10-13-5)8(11)12-2/h3-4H,1-2H3/b4-3+. The van der Waals surface area contributed by atoms with Gasteiger partial charge in [-0.2, -0.15) is 4.37 Å². The Morgan fingerprint density at radius 3 is 2.92 bits per heavy atom. The zero-order valence-corrected chi connectivity index (χ0v) is 8.78. The number of allylic oxidation sites excluding steroid dienone is 1. The maximum absolute atomic E-state index is 11.1. The molecule has 0 amide bonds. The number of halogens is 1. The van der Waals surface area contributed by atoms with Crippen molar-refractivity contribution in [3.63, 3.8) is 0 Å². The van der Waals surface area contributed by atoms with Crippen LogP contribution in [0.2, 0.25) is 5.02 Å². The van der Waals surface area contributed by atoms with Crippen molar-refractivity contribution in [3.8, 4) is 0 Å². The van der Waals surface area contributed by atoms with Crippen molar-refractivity contribution in [2.45, 2.75) is 6.92 Å². The average molecular weight is 218 g/mol. The predicted molar refractivity (Wildman–Crippen MR) is 53.2 cm³/mol. The lowest BCUT2D eigenvalue weighted by Gasteiger charge is -1.93. The van der Waals surface area contributed by atoms with Crippen LogP contribution >= 0.6 is 23.1 Å². The molecule has 0 saturated heterocycles. The van der Waals surface area contributed by atoms with Gasteiger partial charge in [0.1, 0.15) is 0 Å². The maximum Gasteiger partial charge on any atom is 0.359 e. The van der Waals surface area contributed by atoms with Gasteiger partial charge in [0.2, 0.25) is 0 Å². The number of ether oxygens (including phenoxy) is 1. The molecule has 0 fully saturated rings. The molecule has 1 heterocycles. The molecule has 0 saturated carbocycles. The molecule has 0 N–H and O–H groups in total. The Morgan fingerprint density at radius 1 is 1.69 bits per heavy atom. The summed E-state index contributed by atoms with van der Waals surface area (Å²) in [6.07, 6.45) is 3.63. The van der Waals surface area contributed by atoms with Crippen LogP contribution in [0.3, 0.4) is 0 Å². The first-order chi connectivity index (χ1) is 6.20. The van der Waals surface area contributed by atoms with E-state index in [9.17, 15) is 4.79 Å². The van der Waals surface area contributed by atoms with Gasteiger partial charge in [0.25, 0.3) is 0 Å². The van der Waals surface area contributed by atoms with E-state index in [0.29, 0.717) is 5.02 Å². The van der Waals surface area contributed by atoms with Crippen LogP contribution in [-0.4, -0.2) is 17.5 Å². The zero-order valence-electron chi connectivity index (χ0n) is 7.20. The molecule has 1 aromatic heterocycles. The summed E-state index contributed by atoms with van der Waals surface area (Å²) in [4.78, 5) is 11.8. The van der Waals surface area contributed by atoms with E-state index in [4.69, 9.17) is 11.6 Å². The highest BCUT2D eigenvalue weighted by Crippen LogP contribution is 2.26. The number of methoxy groups -OCH3 is 1. The average Bonchev–Trinajstić information content (AvgIpc) is 2.48. The molecule has 0 aliphatic carbocycles. The predicted octanol–water partition coefficient (Wildman–Crippen LogP) is 2.62. The summed E-state index contributed by atoms with van der Waals surface area (Å²) in [6.45, 7) is 1.87. The van der Waals surface area contributed by atoms with Crippen LogP contribution in [0.5, 0.6) is 0 Å². The number of carbonyl (C=O) groups excluding carboxylic acids is 1. The topological polar surface area (TPSA) is 39.2 Å². The molecule has 0 atom stereocenters. The molecule has 13 heavy (non-hydrogen) atoms. The van der Waals surface area contributed by atoms with Gasteiger partial charge in [0.05, 0.1) is 17.0 Å². The lowest BCUT2D eigenvalue weighted by molar-refractivity contribution is 0.0595. The Hall–Kier alpha value is -0.870. The minimum atomic E-state index is -0.503. The van der Waals surface area contributed by atoms with Gasteiger partial charge >= 0.3 is 5.97 Å². The van der Waals surface area contributed by atoms with E-state index in [1.807, 2.05) is 13.0 Å². The third-order valence-electron chi connectivity index (χ3n) is 1.36. The van der Waals surface area contributed by atoms with Crippen LogP contribution in [0, 0.1) is 0 Å². The van der Waals surface area contributed by atoms with Gasteiger partial charge in [-0.25, -0.2) is 4.79 Å². The summed E-state index contributed by atoms with van der Waals surface area (Å²) < 4.78 is 8.39. The van der Waals surface area contributed by atoms with Crippen molar-refractivity contribution in [1.29, 1.82) is 0 Å². The van der Waals surface area contributed by atoms with Gasteiger partial charge in [-0.3, -0.25) is 0 Å². The Labute approximate surface area is 85.1 Å². The summed E-state index contributed by atoms with van der Waals surface area (Å²) in [5.41, 5.74) is 0.183. The number of aromatic nitrogens is 1. The lowest BCUT2D eigenvalue weighted by atomic mass is 10.3. The zero-order chi connectivity index (χ0) is 9.84. The van der Waals surface area contributed by atoms with Gasteiger partial charge in [0, 0.05) is 0 Å². The van der Waals surface area contributed by atoms with Crippen LogP contribution in [0.25, 0.3) is 6.08 Å². The molecule has 1 aromatic rings. The molecule has 1 rings (SSSR count). The fourth-order valence-corrected chi connectivity index (χ4v) is 1.84. The Kier molecular flexibility index (Phi) is 3.45. The molecule has 0 aromatic carbocycles. The molecule has 0 unspecified atom stereocenters. The van der Waals surface area contributed by atoms with Crippen molar-refractivity contribution in [1.82, 2.24) is 4.37 Å². The minimum absolute atomic E-state index is 0.183. The molecule has 0 aliphatic heterocycles. The number of hydrogen-bond donors (Lipinski definition) is 0. The number of rotatable bonds is 2. The van der Waals surface area contributed by atoms with Crippen LogP contribution < -0.4 is 0 Å². The van der Waals surface area contributed by atoms with Crippen molar-refractivity contribution < 1.29 is 9.53 Å². The van der Waals surface area contributed by atoms with E-state index in [1.54, 1.807) is 6.08 Å². The second-order valence-corrected chi connectivity index (χ2v) is 3.38. The Morgan fingerprint density at radius 2 is 2.38 bits per heavy atom. The van der Waals surface area contributed by atoms with Crippen LogP contribution in [0.4, 0.5) is 0 Å². The van der Waals surface area contributed by atoms with E-state index < -0.39 is 5.97 Å². The highest BCUT2D eigenvalue weighted by Gasteiger charge is 2.17. The molecule has 3 nitrogen and oxygen atoms in total. The highest BCUT2D eigenvalue weighted by molar-refractivity contribution is 7.07. The third-order valence-corrected chi connectivity index (χ3v) is 2.66. The molecule has 5 heteroatoms. The SMILES string of the molecule is C/C=C/c1snc(C(=O)OC)c1Cl. The molecule has 0 radical (unpaired) electrons. The summed E-state index contributed by atoms with van der Waals surface area (Å²) in [5, 5.41) is 0.356. The van der Waals surface area contributed by atoms with Crippen molar-refractivity contribution in [3.05, 3.63) is 21.7 Å². The van der Waals surface area contributed by atoms with Crippen LogP contribution in [0.1, 0.15) is 22.3 Å². The van der Waals surface area contributed by atoms with Crippen molar-refractivity contribution >= 4 is 35.2 Å². The fraction of sp³-hybridized carbons (Fsp3) is 0.250. The van der Waals surface area contributed by atoms with Gasteiger partial charge < -0.3 is 4.74 Å². The molecule has 70 valence electrons. The van der Waals surface area contributed by atoms with Gasteiger partial charge in [0.15, 0.2) is 5.69 Å². The summed E-state index contributed by atoms with van der Waals surface area (Å²) in [5.74, 6) is -0.503. The second kappa shape index (κ2) is 4.39. The highest BCUT2D eigenvalue weighted by atomic mass is 35.5. The van der Waals surface area contributed by atoms with E-state index in [-0.39, 0.29) is 5.69 Å². The lowest BCUT2D eigenvalue weighted by Crippen LogP contribution is -2.01. The number of carbonyl (C=O) groups is 1. The van der Waals surface area contributed by atoms with Crippen LogP contribution in [0.15, 0.2) is 6.08 Å². The molecular formula is C8H8ClNO2S. The normalized spacial score (nSPS) is 10.7. The van der Waals surface area contributed by atoms with E-state index in [0.717, 1.165) is 4.88 Å². The molecule has 0 aliphatic rings. The van der Waals surface area contributed by atoms with Crippen molar-refractivity contribution in [2.24, 2.45) is 0 Å². The molecular weight excluding hydrogens is 210 g/mol. The summed E-state index contributed by atoms with van der Waals surface area (Å²) >= 11 is 7.05. The first-order valence-electron chi connectivity index (χ1n) is 3.57. The number of hydrogen-bond acceptors (Lipinski definition) is 4. The molecule has 0 bridgehead atoms. The number of nitrogens with zero attached hydrogens (tertiary/aromatic N) is 1. The van der Waals surface area contributed by atoms with Crippen molar-refractivity contribution in [2.75, 3.05) is 7.11 Å². The quantitative estimate of drug-likeness (QED) is 0.715. The number of esters is 1. The van der Waals surface area contributed by atoms with Crippen LogP contribution in [-0.2, 0) is 4.74 Å². The minimum Gasteiger partial charge on any atom is -0.464 e. The summed E-state index contributed by atoms with van der Waals surface area (Å²) in [7, 11) is 1.30. The molecule has 0 spiro atoms. The monoisotopic (exact) mass is 217 g/mol. The van der Waals surface area contributed by atoms with Gasteiger partial charge in [-0.05, 0) is 24.5 Å². The maximum atomic E-state index is 11.1. The first-order valence-corrected chi connectivity index (χ1v) is 4.72. The second-order valence-electron chi connectivity index (χ2n) is 2.20. The fourth-order valence-electron chi connectivity index (χ4n) is 0.770. The Bertz CT molecular complexity index is 346. The summed E-state index contributed by atoms with van der Waals surface area (Å²) in [6, 6.07) is 0. The van der Waals surface area contributed by atoms with Gasteiger partial charge in [-0.15, -0.1) is 0 Å². The van der Waals surface area contributed by atoms with E-state index in [2.05, 4.69) is 9.11 Å².